The van der Waals surface area contributed by atoms with E-state index >= 15 is 0 Å². The molecule has 1 aliphatic heterocycles. The first-order chi connectivity index (χ1) is 13.6. The summed E-state index contributed by atoms with van der Waals surface area (Å²) in [5.74, 6) is -1.35. The minimum absolute atomic E-state index is 0.221. The van der Waals surface area contributed by atoms with Crippen LogP contribution < -0.4 is 5.32 Å². The highest BCUT2D eigenvalue weighted by molar-refractivity contribution is 6.23. The molecule has 138 valence electrons. The quantitative estimate of drug-likeness (QED) is 0.700. The number of imide groups is 1. The van der Waals surface area contributed by atoms with E-state index in [-0.39, 0.29) is 6.42 Å². The van der Waals surface area contributed by atoms with Gasteiger partial charge in [0, 0.05) is 12.6 Å². The molecule has 1 N–H and O–H groups in total. The number of carbonyl (C=O) groups is 3. The minimum atomic E-state index is -0.977. The van der Waals surface area contributed by atoms with Crippen LogP contribution in [0.4, 0.5) is 5.69 Å². The van der Waals surface area contributed by atoms with Crippen LogP contribution in [0.1, 0.15) is 26.3 Å². The van der Waals surface area contributed by atoms with E-state index in [0.717, 1.165) is 10.5 Å². The van der Waals surface area contributed by atoms with Gasteiger partial charge < -0.3 is 5.32 Å². The molecule has 0 aliphatic carbocycles. The van der Waals surface area contributed by atoms with E-state index in [1.165, 1.54) is 6.20 Å². The maximum absolute atomic E-state index is 13.1. The molecule has 0 spiro atoms. The SMILES string of the molecule is O=C(Nc1cccnc1)[C@@H](Cc1ccccc1)N1C(=O)c2ccccc2C1=O. The standard InChI is InChI=1S/C22H17N3O3/c26-20(24-16-9-6-12-23-14-16)19(13-15-7-2-1-3-8-15)25-21(27)17-10-4-5-11-18(17)22(25)28/h1-12,14,19H,13H2,(H,24,26)/t19-/m1/s1. The fourth-order valence-corrected chi connectivity index (χ4v) is 3.29. The molecular weight excluding hydrogens is 354 g/mol. The first-order valence-corrected chi connectivity index (χ1v) is 8.87. The van der Waals surface area contributed by atoms with Crippen LogP contribution in [-0.4, -0.2) is 33.6 Å². The summed E-state index contributed by atoms with van der Waals surface area (Å²) in [4.78, 5) is 43.9. The number of benzene rings is 2. The first kappa shape index (κ1) is 17.6. The second kappa shape index (κ2) is 7.44. The van der Waals surface area contributed by atoms with E-state index in [1.54, 1.807) is 42.6 Å². The van der Waals surface area contributed by atoms with Gasteiger partial charge in [0.15, 0.2) is 0 Å². The predicted molar refractivity (Wildman–Crippen MR) is 104 cm³/mol. The van der Waals surface area contributed by atoms with Crippen LogP contribution in [0.3, 0.4) is 0 Å². The van der Waals surface area contributed by atoms with Crippen molar-refractivity contribution < 1.29 is 14.4 Å². The summed E-state index contributed by atoms with van der Waals surface area (Å²) >= 11 is 0. The Labute approximate surface area is 161 Å². The summed E-state index contributed by atoms with van der Waals surface area (Å²) in [5.41, 5.74) is 1.99. The van der Waals surface area contributed by atoms with Crippen molar-refractivity contribution in [1.29, 1.82) is 0 Å². The lowest BCUT2D eigenvalue weighted by Crippen LogP contribution is -2.48. The molecule has 3 aromatic rings. The van der Waals surface area contributed by atoms with Crippen molar-refractivity contribution in [2.45, 2.75) is 12.5 Å². The fraction of sp³-hybridized carbons (Fsp3) is 0.0909. The molecule has 1 atom stereocenters. The zero-order chi connectivity index (χ0) is 19.5. The molecule has 28 heavy (non-hydrogen) atoms. The second-order valence-electron chi connectivity index (χ2n) is 6.46. The van der Waals surface area contributed by atoms with Gasteiger partial charge in [-0.15, -0.1) is 0 Å². The van der Waals surface area contributed by atoms with Crippen molar-refractivity contribution in [3.05, 3.63) is 95.8 Å². The zero-order valence-corrected chi connectivity index (χ0v) is 14.9. The molecule has 2 aromatic carbocycles. The van der Waals surface area contributed by atoms with Crippen LogP contribution in [0.25, 0.3) is 0 Å². The molecule has 3 amide bonds. The van der Waals surface area contributed by atoms with E-state index in [9.17, 15) is 14.4 Å². The molecule has 0 radical (unpaired) electrons. The second-order valence-corrected chi connectivity index (χ2v) is 6.46. The molecule has 2 heterocycles. The van der Waals surface area contributed by atoms with Crippen LogP contribution in [0.5, 0.6) is 0 Å². The molecule has 0 unspecified atom stereocenters. The topological polar surface area (TPSA) is 79.4 Å². The number of nitrogens with one attached hydrogen (secondary N) is 1. The largest absolute Gasteiger partial charge is 0.323 e. The third kappa shape index (κ3) is 3.27. The Kier molecular flexibility index (Phi) is 4.68. The molecule has 0 fully saturated rings. The maximum atomic E-state index is 13.1. The van der Waals surface area contributed by atoms with Crippen LogP contribution in [0, 0.1) is 0 Å². The number of nitrogens with zero attached hydrogens (tertiary/aromatic N) is 2. The number of fused-ring (bicyclic) bond motifs is 1. The Hall–Kier alpha value is -3.80. The van der Waals surface area contributed by atoms with Crippen molar-refractivity contribution in [2.75, 3.05) is 5.32 Å². The van der Waals surface area contributed by atoms with Crippen molar-refractivity contribution >= 4 is 23.4 Å². The molecule has 1 aliphatic rings. The summed E-state index contributed by atoms with van der Waals surface area (Å²) in [7, 11) is 0. The van der Waals surface area contributed by atoms with Crippen LogP contribution >= 0.6 is 0 Å². The number of amides is 3. The molecule has 0 saturated heterocycles. The van der Waals surface area contributed by atoms with Gasteiger partial charge in [-0.2, -0.15) is 0 Å². The zero-order valence-electron chi connectivity index (χ0n) is 14.9. The predicted octanol–water partition coefficient (Wildman–Crippen LogP) is 2.93. The number of aromatic nitrogens is 1. The van der Waals surface area contributed by atoms with Crippen molar-refractivity contribution in [3.8, 4) is 0 Å². The number of hydrogen-bond donors (Lipinski definition) is 1. The first-order valence-electron chi connectivity index (χ1n) is 8.87. The molecule has 0 saturated carbocycles. The van der Waals surface area contributed by atoms with E-state index in [1.807, 2.05) is 30.3 Å². The number of pyridine rings is 1. The van der Waals surface area contributed by atoms with Crippen LogP contribution in [-0.2, 0) is 11.2 Å². The fourth-order valence-electron chi connectivity index (χ4n) is 3.29. The Bertz CT molecular complexity index is 1000. The van der Waals surface area contributed by atoms with Crippen LogP contribution in [0.15, 0.2) is 79.1 Å². The minimum Gasteiger partial charge on any atom is -0.323 e. The number of hydrogen-bond acceptors (Lipinski definition) is 4. The van der Waals surface area contributed by atoms with E-state index < -0.39 is 23.8 Å². The van der Waals surface area contributed by atoms with Gasteiger partial charge in [0.2, 0.25) is 5.91 Å². The molecule has 0 bridgehead atoms. The average Bonchev–Trinajstić information content (AvgIpc) is 2.98. The lowest BCUT2D eigenvalue weighted by atomic mass is 10.0. The molecule has 6 heteroatoms. The summed E-state index contributed by atoms with van der Waals surface area (Å²) < 4.78 is 0. The van der Waals surface area contributed by atoms with E-state index in [0.29, 0.717) is 16.8 Å². The van der Waals surface area contributed by atoms with Gasteiger partial charge in [0.05, 0.1) is 23.0 Å². The lowest BCUT2D eigenvalue weighted by molar-refractivity contribution is -0.119. The average molecular weight is 371 g/mol. The van der Waals surface area contributed by atoms with Crippen LogP contribution in [0.2, 0.25) is 0 Å². The highest BCUT2D eigenvalue weighted by Gasteiger charge is 2.42. The molecule has 6 nitrogen and oxygen atoms in total. The lowest BCUT2D eigenvalue weighted by Gasteiger charge is -2.25. The summed E-state index contributed by atoms with van der Waals surface area (Å²) in [6.07, 6.45) is 3.33. The Morgan fingerprint density at radius 2 is 1.54 bits per heavy atom. The molecule has 4 rings (SSSR count). The summed E-state index contributed by atoms with van der Waals surface area (Å²) in [6, 6.07) is 18.3. The number of carbonyl (C=O) groups excluding carboxylic acids is 3. The third-order valence-corrected chi connectivity index (χ3v) is 4.64. The van der Waals surface area contributed by atoms with Gasteiger partial charge in [0.1, 0.15) is 6.04 Å². The maximum Gasteiger partial charge on any atom is 0.262 e. The van der Waals surface area contributed by atoms with Gasteiger partial charge in [-0.05, 0) is 29.8 Å². The summed E-state index contributed by atoms with van der Waals surface area (Å²) in [5, 5.41) is 2.76. The smallest absolute Gasteiger partial charge is 0.262 e. The van der Waals surface area contributed by atoms with E-state index in [2.05, 4.69) is 10.3 Å². The highest BCUT2D eigenvalue weighted by Crippen LogP contribution is 2.26. The Balaban J connectivity index is 1.68. The van der Waals surface area contributed by atoms with Gasteiger partial charge in [-0.1, -0.05) is 42.5 Å². The van der Waals surface area contributed by atoms with Crippen molar-refractivity contribution in [1.82, 2.24) is 9.88 Å². The third-order valence-electron chi connectivity index (χ3n) is 4.64. The van der Waals surface area contributed by atoms with Gasteiger partial charge in [-0.3, -0.25) is 24.3 Å². The van der Waals surface area contributed by atoms with Gasteiger partial charge in [-0.25, -0.2) is 0 Å². The molecular formula is C22H17N3O3. The number of rotatable bonds is 5. The van der Waals surface area contributed by atoms with E-state index in [4.69, 9.17) is 0 Å². The Morgan fingerprint density at radius 3 is 2.14 bits per heavy atom. The van der Waals surface area contributed by atoms with Crippen molar-refractivity contribution in [2.24, 2.45) is 0 Å². The van der Waals surface area contributed by atoms with Crippen molar-refractivity contribution in [3.63, 3.8) is 0 Å². The van der Waals surface area contributed by atoms with Gasteiger partial charge >= 0.3 is 0 Å². The van der Waals surface area contributed by atoms with Gasteiger partial charge in [0.25, 0.3) is 11.8 Å². The molecule has 1 aromatic heterocycles. The highest BCUT2D eigenvalue weighted by atomic mass is 16.2. The normalized spacial score (nSPS) is 13.9. The summed E-state index contributed by atoms with van der Waals surface area (Å²) in [6.45, 7) is 0. The Morgan fingerprint density at radius 1 is 0.893 bits per heavy atom. The monoisotopic (exact) mass is 371 g/mol. The number of anilines is 1.